The van der Waals surface area contributed by atoms with E-state index in [0.717, 1.165) is 31.8 Å². The van der Waals surface area contributed by atoms with Crippen LogP contribution in [0.15, 0.2) is 6.33 Å². The number of pyridine rings is 1. The van der Waals surface area contributed by atoms with E-state index in [2.05, 4.69) is 29.0 Å². The van der Waals surface area contributed by atoms with Crippen LogP contribution in [-0.2, 0) is 0 Å². The van der Waals surface area contributed by atoms with Crippen LogP contribution in [-0.4, -0.2) is 24.6 Å². The summed E-state index contributed by atoms with van der Waals surface area (Å²) in [5, 5.41) is 8.25. The summed E-state index contributed by atoms with van der Waals surface area (Å²) < 4.78 is 3.38. The van der Waals surface area contributed by atoms with E-state index in [9.17, 15) is 0 Å². The van der Waals surface area contributed by atoms with Gasteiger partial charge in [-0.25, -0.2) is 9.97 Å². The van der Waals surface area contributed by atoms with Crippen molar-refractivity contribution >= 4 is 49.6 Å². The maximum atomic E-state index is 5.19. The van der Waals surface area contributed by atoms with Crippen molar-refractivity contribution in [3.63, 3.8) is 0 Å². The monoisotopic (exact) mass is 301 g/mol. The topological polar surface area (TPSA) is 58.9 Å². The third-order valence-corrected chi connectivity index (χ3v) is 5.18. The third-order valence-electron chi connectivity index (χ3n) is 3.82. The Morgan fingerprint density at radius 2 is 2.05 bits per heavy atom. The largest absolute Gasteiger partial charge is 0.257 e. The first kappa shape index (κ1) is 11.9. The molecular weight excluding hydrogens is 290 g/mol. The van der Waals surface area contributed by atoms with Gasteiger partial charge in [-0.2, -0.15) is 5.10 Å². The molecule has 4 aromatic rings. The molecule has 0 atom stereocenters. The normalized spacial score (nSPS) is 11.9. The summed E-state index contributed by atoms with van der Waals surface area (Å²) in [5.41, 5.74) is 5.30. The molecule has 1 N–H and O–H groups in total. The molecular formula is C13H11N5S2. The van der Waals surface area contributed by atoms with E-state index >= 15 is 0 Å². The fourth-order valence-corrected chi connectivity index (χ4v) is 3.88. The number of nitrogens with one attached hydrogen (secondary N) is 1. The molecule has 0 bridgehead atoms. The van der Waals surface area contributed by atoms with Crippen molar-refractivity contribution in [2.75, 3.05) is 0 Å². The molecule has 0 aliphatic rings. The molecule has 4 rings (SSSR count). The Bertz CT molecular complexity index is 1050. The predicted molar refractivity (Wildman–Crippen MR) is 83.1 cm³/mol. The summed E-state index contributed by atoms with van der Waals surface area (Å²) in [6.45, 7) is 6.27. The maximum Gasteiger partial charge on any atom is 0.200 e. The summed E-state index contributed by atoms with van der Waals surface area (Å²) in [5.74, 6) is 0. The van der Waals surface area contributed by atoms with E-state index in [4.69, 9.17) is 17.2 Å². The smallest absolute Gasteiger partial charge is 0.200 e. The molecule has 4 heterocycles. The van der Waals surface area contributed by atoms with Gasteiger partial charge >= 0.3 is 0 Å². The lowest BCUT2D eigenvalue weighted by molar-refractivity contribution is 1.05. The molecule has 0 unspecified atom stereocenters. The molecule has 0 spiro atoms. The lowest BCUT2D eigenvalue weighted by atomic mass is 10.1. The average molecular weight is 301 g/mol. The van der Waals surface area contributed by atoms with Gasteiger partial charge in [0, 0.05) is 11.1 Å². The van der Waals surface area contributed by atoms with Crippen LogP contribution < -0.4 is 0 Å². The van der Waals surface area contributed by atoms with Crippen molar-refractivity contribution in [2.24, 2.45) is 0 Å². The second kappa shape index (κ2) is 3.83. The van der Waals surface area contributed by atoms with E-state index in [1.54, 1.807) is 22.1 Å². The van der Waals surface area contributed by atoms with Crippen LogP contribution in [0, 0.1) is 25.5 Å². The molecule has 0 fully saturated rings. The number of rotatable bonds is 0. The number of fused-ring (bicyclic) bond motifs is 5. The molecule has 0 aliphatic carbocycles. The Labute approximate surface area is 123 Å². The minimum atomic E-state index is 0.559. The fourth-order valence-electron chi connectivity index (χ4n) is 2.48. The Hall–Kier alpha value is -1.86. The Kier molecular flexibility index (Phi) is 2.28. The van der Waals surface area contributed by atoms with Crippen LogP contribution in [0.25, 0.3) is 26.1 Å². The first-order valence-electron chi connectivity index (χ1n) is 6.19. The lowest BCUT2D eigenvalue weighted by Gasteiger charge is -2.04. The molecule has 0 aromatic carbocycles. The molecule has 0 radical (unpaired) electrons. The molecule has 20 heavy (non-hydrogen) atoms. The van der Waals surface area contributed by atoms with Crippen molar-refractivity contribution in [1.82, 2.24) is 24.6 Å². The number of aromatic amines is 1. The summed E-state index contributed by atoms with van der Waals surface area (Å²) >= 11 is 6.81. The molecule has 0 aliphatic heterocycles. The van der Waals surface area contributed by atoms with Gasteiger partial charge in [0.15, 0.2) is 5.65 Å². The summed E-state index contributed by atoms with van der Waals surface area (Å²) in [7, 11) is 0. The molecule has 7 heteroatoms. The quantitative estimate of drug-likeness (QED) is 0.505. The number of aromatic nitrogens is 5. The molecule has 100 valence electrons. The van der Waals surface area contributed by atoms with E-state index in [1.807, 2.05) is 6.92 Å². The zero-order valence-corrected chi connectivity index (χ0v) is 12.8. The van der Waals surface area contributed by atoms with E-state index in [0.29, 0.717) is 4.77 Å². The average Bonchev–Trinajstić information content (AvgIpc) is 2.97. The molecule has 0 amide bonds. The second-order valence-electron chi connectivity index (χ2n) is 4.87. The zero-order chi connectivity index (χ0) is 14.0. The highest BCUT2D eigenvalue weighted by Gasteiger charge is 2.16. The Balaban J connectivity index is 2.33. The highest BCUT2D eigenvalue weighted by atomic mass is 32.1. The maximum absolute atomic E-state index is 5.19. The minimum Gasteiger partial charge on any atom is -0.257 e. The summed E-state index contributed by atoms with van der Waals surface area (Å²) in [6, 6.07) is 0. The molecule has 0 saturated carbocycles. The summed E-state index contributed by atoms with van der Waals surface area (Å²) in [6.07, 6.45) is 1.73. The van der Waals surface area contributed by atoms with E-state index in [-0.39, 0.29) is 0 Å². The van der Waals surface area contributed by atoms with Gasteiger partial charge in [0.2, 0.25) is 4.77 Å². The predicted octanol–water partition coefficient (Wildman–Crippen LogP) is 3.48. The summed E-state index contributed by atoms with van der Waals surface area (Å²) in [4.78, 5) is 10.3. The van der Waals surface area contributed by atoms with Crippen molar-refractivity contribution < 1.29 is 0 Å². The zero-order valence-electron chi connectivity index (χ0n) is 11.2. The fraction of sp³-hybridized carbons (Fsp3) is 0.231. The van der Waals surface area contributed by atoms with Gasteiger partial charge in [0.05, 0.1) is 5.52 Å². The third kappa shape index (κ3) is 1.36. The highest BCUT2D eigenvalue weighted by molar-refractivity contribution is 7.71. The Morgan fingerprint density at radius 1 is 1.25 bits per heavy atom. The van der Waals surface area contributed by atoms with Crippen LogP contribution in [0.3, 0.4) is 0 Å². The lowest BCUT2D eigenvalue weighted by Crippen LogP contribution is -1.92. The van der Waals surface area contributed by atoms with Crippen molar-refractivity contribution in [3.8, 4) is 0 Å². The molecule has 5 nitrogen and oxygen atoms in total. The first-order chi connectivity index (χ1) is 9.58. The number of aryl methyl sites for hydroxylation is 2. The van der Waals surface area contributed by atoms with Gasteiger partial charge in [-0.1, -0.05) is 0 Å². The van der Waals surface area contributed by atoms with E-state index < -0.39 is 0 Å². The first-order valence-corrected chi connectivity index (χ1v) is 7.42. The number of hydrogen-bond acceptors (Lipinski definition) is 5. The van der Waals surface area contributed by atoms with Gasteiger partial charge in [-0.3, -0.25) is 9.50 Å². The van der Waals surface area contributed by atoms with Crippen molar-refractivity contribution in [1.29, 1.82) is 0 Å². The highest BCUT2D eigenvalue weighted by Crippen LogP contribution is 2.36. The van der Waals surface area contributed by atoms with Gasteiger partial charge in [0.1, 0.15) is 15.9 Å². The van der Waals surface area contributed by atoms with Gasteiger partial charge < -0.3 is 0 Å². The van der Waals surface area contributed by atoms with Gasteiger partial charge in [-0.15, -0.1) is 11.3 Å². The Morgan fingerprint density at radius 3 is 2.85 bits per heavy atom. The second-order valence-corrected chi connectivity index (χ2v) is 6.26. The van der Waals surface area contributed by atoms with Crippen LogP contribution in [0.1, 0.15) is 16.8 Å². The van der Waals surface area contributed by atoms with Gasteiger partial charge in [0.25, 0.3) is 0 Å². The van der Waals surface area contributed by atoms with Crippen LogP contribution >= 0.6 is 23.6 Å². The van der Waals surface area contributed by atoms with Crippen molar-refractivity contribution in [3.05, 3.63) is 27.9 Å². The van der Waals surface area contributed by atoms with Crippen LogP contribution in [0.5, 0.6) is 0 Å². The number of nitrogens with zero attached hydrogens (tertiary/aromatic N) is 4. The van der Waals surface area contributed by atoms with Crippen LogP contribution in [0.2, 0.25) is 0 Å². The molecule has 0 saturated heterocycles. The SMILES string of the molecule is Cc1nc2sc3c(ncn4c(=S)[nH]nc34)c2c(C)c1C. The van der Waals surface area contributed by atoms with Crippen LogP contribution in [0.4, 0.5) is 0 Å². The number of thiophene rings is 1. The van der Waals surface area contributed by atoms with Crippen molar-refractivity contribution in [2.45, 2.75) is 20.8 Å². The van der Waals surface area contributed by atoms with E-state index in [1.165, 1.54) is 11.1 Å². The van der Waals surface area contributed by atoms with Gasteiger partial charge in [-0.05, 0) is 44.1 Å². The number of H-pyrrole nitrogens is 1. The standard InChI is InChI=1S/C13H11N5S2/c1-5-6(2)8-9-10(20-12(8)15-7(5)3)11-16-17-13(19)18(11)4-14-9/h4H,1-3H3,(H,17,19). The molecule has 4 aromatic heterocycles. The number of hydrogen-bond donors (Lipinski definition) is 1. The minimum absolute atomic E-state index is 0.559.